The summed E-state index contributed by atoms with van der Waals surface area (Å²) in [6.45, 7) is 1.20. The van der Waals surface area contributed by atoms with Gasteiger partial charge < -0.3 is 10.1 Å². The third-order valence-electron chi connectivity index (χ3n) is 2.38. The van der Waals surface area contributed by atoms with Crippen LogP contribution < -0.4 is 5.32 Å². The van der Waals surface area contributed by atoms with Gasteiger partial charge >= 0.3 is 6.09 Å². The number of hydrogen-bond donors (Lipinski definition) is 1. The Morgan fingerprint density at radius 1 is 1.44 bits per heavy atom. The third-order valence-corrected chi connectivity index (χ3v) is 4.71. The topological polar surface area (TPSA) is 38.3 Å². The van der Waals surface area contributed by atoms with Crippen molar-refractivity contribution >= 4 is 27.5 Å². The Kier molecular flexibility index (Phi) is 6.57. The summed E-state index contributed by atoms with van der Waals surface area (Å²) in [6, 6.07) is 4.17. The van der Waals surface area contributed by atoms with Gasteiger partial charge in [-0.05, 0) is 43.1 Å². The highest BCUT2D eigenvalue weighted by Gasteiger charge is 2.06. The predicted molar refractivity (Wildman–Crippen MR) is 82.2 cm³/mol. The van der Waals surface area contributed by atoms with Crippen LogP contribution in [0.3, 0.4) is 0 Å². The first-order valence-electron chi connectivity index (χ1n) is 6.06. The first-order valence-corrected chi connectivity index (χ1v) is 9.97. The molecule has 0 spiro atoms. The number of nitrogens with one attached hydrogen (secondary N) is 1. The minimum absolute atomic E-state index is 0.287. The molecule has 104 valence electrons. The third kappa shape index (κ3) is 7.61. The Bertz CT molecular complexity index is 344. The van der Waals surface area contributed by atoms with Gasteiger partial charge in [0.05, 0.1) is 0 Å². The SMILES string of the molecule is CS(C)(C)CCOC(=O)NCCCc1cccs1. The van der Waals surface area contributed by atoms with Gasteiger partial charge in [-0.1, -0.05) is 6.07 Å². The van der Waals surface area contributed by atoms with Crippen LogP contribution in [-0.2, 0) is 11.2 Å². The number of aryl methyl sites for hydroxylation is 1. The van der Waals surface area contributed by atoms with Crippen LogP contribution >= 0.6 is 21.4 Å². The number of hydrogen-bond acceptors (Lipinski definition) is 3. The van der Waals surface area contributed by atoms with E-state index in [0.29, 0.717) is 13.2 Å². The number of amides is 1. The van der Waals surface area contributed by atoms with E-state index in [1.54, 1.807) is 11.3 Å². The summed E-state index contributed by atoms with van der Waals surface area (Å²) in [5.74, 6) is 0.968. The minimum atomic E-state index is -0.578. The fraction of sp³-hybridized carbons (Fsp3) is 0.615. The molecule has 1 aromatic heterocycles. The second kappa shape index (κ2) is 7.69. The van der Waals surface area contributed by atoms with Crippen LogP contribution in [0.2, 0.25) is 0 Å². The van der Waals surface area contributed by atoms with E-state index in [-0.39, 0.29) is 6.09 Å². The van der Waals surface area contributed by atoms with E-state index in [1.165, 1.54) is 4.88 Å². The van der Waals surface area contributed by atoms with Crippen molar-refractivity contribution in [1.29, 1.82) is 0 Å². The Morgan fingerprint density at radius 2 is 2.22 bits per heavy atom. The van der Waals surface area contributed by atoms with Crippen LogP contribution in [0.15, 0.2) is 17.5 Å². The molecule has 0 saturated heterocycles. The number of ether oxygens (including phenoxy) is 1. The van der Waals surface area contributed by atoms with Gasteiger partial charge in [-0.15, -0.1) is 11.3 Å². The van der Waals surface area contributed by atoms with E-state index in [9.17, 15) is 4.79 Å². The van der Waals surface area contributed by atoms with Gasteiger partial charge in [0.1, 0.15) is 6.61 Å². The molecule has 1 amide bonds. The maximum atomic E-state index is 11.4. The summed E-state index contributed by atoms with van der Waals surface area (Å²) in [4.78, 5) is 12.7. The van der Waals surface area contributed by atoms with Gasteiger partial charge in [-0.25, -0.2) is 14.8 Å². The van der Waals surface area contributed by atoms with Crippen molar-refractivity contribution in [2.75, 3.05) is 37.7 Å². The molecule has 0 unspecified atom stereocenters. The minimum Gasteiger partial charge on any atom is -0.449 e. The fourth-order valence-electron chi connectivity index (χ4n) is 1.34. The Labute approximate surface area is 115 Å². The zero-order valence-electron chi connectivity index (χ0n) is 11.4. The van der Waals surface area contributed by atoms with Crippen molar-refractivity contribution in [1.82, 2.24) is 5.32 Å². The van der Waals surface area contributed by atoms with E-state index in [1.807, 2.05) is 0 Å². The number of thiophene rings is 1. The zero-order valence-corrected chi connectivity index (χ0v) is 13.0. The normalized spacial score (nSPS) is 12.2. The highest BCUT2D eigenvalue weighted by molar-refractivity contribution is 8.32. The largest absolute Gasteiger partial charge is 0.449 e. The lowest BCUT2D eigenvalue weighted by Gasteiger charge is -2.24. The maximum Gasteiger partial charge on any atom is 0.407 e. The van der Waals surface area contributed by atoms with Gasteiger partial charge in [0, 0.05) is 17.2 Å². The standard InChI is InChI=1S/C13H23NO2S2/c1-18(2,3)11-9-16-13(15)14-8-4-6-12-7-5-10-17-12/h5,7,10H,4,6,8-9,11H2,1-3H3,(H,14,15). The molecule has 0 bridgehead atoms. The lowest BCUT2D eigenvalue weighted by atomic mass is 10.3. The highest BCUT2D eigenvalue weighted by Crippen LogP contribution is 2.33. The molecule has 1 heterocycles. The van der Waals surface area contributed by atoms with Crippen molar-refractivity contribution in [3.05, 3.63) is 22.4 Å². The van der Waals surface area contributed by atoms with Crippen LogP contribution in [0.1, 0.15) is 11.3 Å². The van der Waals surface area contributed by atoms with E-state index in [2.05, 4.69) is 41.6 Å². The Balaban J connectivity index is 2.00. The molecule has 3 nitrogen and oxygen atoms in total. The van der Waals surface area contributed by atoms with Gasteiger partial charge in [0.25, 0.3) is 0 Å². The van der Waals surface area contributed by atoms with E-state index < -0.39 is 10.0 Å². The molecule has 1 rings (SSSR count). The lowest BCUT2D eigenvalue weighted by Crippen LogP contribution is -2.27. The van der Waals surface area contributed by atoms with Crippen LogP contribution in [0.4, 0.5) is 4.79 Å². The fourth-order valence-corrected chi connectivity index (χ4v) is 2.68. The van der Waals surface area contributed by atoms with E-state index >= 15 is 0 Å². The van der Waals surface area contributed by atoms with Crippen molar-refractivity contribution in [2.24, 2.45) is 0 Å². The number of alkyl carbamates (subject to hydrolysis) is 1. The monoisotopic (exact) mass is 289 g/mol. The molecule has 0 aliphatic carbocycles. The molecule has 0 aliphatic rings. The number of carbonyl (C=O) groups is 1. The lowest BCUT2D eigenvalue weighted by molar-refractivity contribution is 0.153. The quantitative estimate of drug-likeness (QED) is 0.783. The maximum absolute atomic E-state index is 11.4. The van der Waals surface area contributed by atoms with Gasteiger partial charge in [-0.3, -0.25) is 0 Å². The average molecular weight is 289 g/mol. The van der Waals surface area contributed by atoms with E-state index in [4.69, 9.17) is 4.74 Å². The Morgan fingerprint density at radius 3 is 2.83 bits per heavy atom. The summed E-state index contributed by atoms with van der Waals surface area (Å²) in [5, 5.41) is 4.86. The molecule has 5 heteroatoms. The molecule has 0 fully saturated rings. The van der Waals surface area contributed by atoms with Crippen LogP contribution in [0, 0.1) is 0 Å². The van der Waals surface area contributed by atoms with Crippen molar-refractivity contribution < 1.29 is 9.53 Å². The van der Waals surface area contributed by atoms with Gasteiger partial charge in [0.2, 0.25) is 0 Å². The van der Waals surface area contributed by atoms with Crippen molar-refractivity contribution in [3.8, 4) is 0 Å². The predicted octanol–water partition coefficient (Wildman–Crippen LogP) is 3.10. The Hall–Kier alpha value is -0.680. The van der Waals surface area contributed by atoms with Gasteiger partial charge in [-0.2, -0.15) is 0 Å². The summed E-state index contributed by atoms with van der Waals surface area (Å²) < 4.78 is 5.13. The van der Waals surface area contributed by atoms with Crippen LogP contribution in [0.5, 0.6) is 0 Å². The molecule has 0 saturated carbocycles. The zero-order chi connectivity index (χ0) is 13.4. The molecule has 0 aromatic carbocycles. The molecular formula is C13H23NO2S2. The molecule has 0 radical (unpaired) electrons. The number of rotatable bonds is 7. The van der Waals surface area contributed by atoms with Crippen LogP contribution in [0.25, 0.3) is 0 Å². The summed E-state index contributed by atoms with van der Waals surface area (Å²) >= 11 is 1.76. The van der Waals surface area contributed by atoms with Gasteiger partial charge in [0.15, 0.2) is 0 Å². The molecular weight excluding hydrogens is 266 g/mol. The van der Waals surface area contributed by atoms with Crippen molar-refractivity contribution in [3.63, 3.8) is 0 Å². The first-order chi connectivity index (χ1) is 8.47. The van der Waals surface area contributed by atoms with Crippen molar-refractivity contribution in [2.45, 2.75) is 12.8 Å². The molecule has 18 heavy (non-hydrogen) atoms. The molecule has 0 aliphatic heterocycles. The second-order valence-corrected chi connectivity index (χ2v) is 10.7. The van der Waals surface area contributed by atoms with E-state index in [0.717, 1.165) is 18.6 Å². The molecule has 0 atom stereocenters. The summed E-state index contributed by atoms with van der Waals surface area (Å²) in [7, 11) is -0.578. The summed E-state index contributed by atoms with van der Waals surface area (Å²) in [5.41, 5.74) is 0. The average Bonchev–Trinajstić information content (AvgIpc) is 2.75. The molecule has 1 aromatic rings. The van der Waals surface area contributed by atoms with Crippen LogP contribution in [-0.4, -0.2) is 43.8 Å². The smallest absolute Gasteiger partial charge is 0.407 e. The first kappa shape index (κ1) is 15.4. The number of carbonyl (C=O) groups excluding carboxylic acids is 1. The second-order valence-electron chi connectivity index (χ2n) is 5.04. The highest BCUT2D eigenvalue weighted by atomic mass is 32.3. The molecule has 1 N–H and O–H groups in total. The summed E-state index contributed by atoms with van der Waals surface area (Å²) in [6.07, 6.45) is 8.34.